The van der Waals surface area contributed by atoms with Gasteiger partial charge in [-0.1, -0.05) is 18.9 Å². The lowest BCUT2D eigenvalue weighted by Gasteiger charge is -2.13. The third kappa shape index (κ3) is 4.92. The molecule has 6 heteroatoms. The van der Waals surface area contributed by atoms with Crippen LogP contribution in [-0.4, -0.2) is 17.7 Å². The molecule has 0 radical (unpaired) electrons. The number of carbonyl (C=O) groups excluding carboxylic acids is 1. The molecule has 0 atom stereocenters. The molecule has 0 saturated heterocycles. The first-order valence-electron chi connectivity index (χ1n) is 9.96. The molecule has 1 aromatic heterocycles. The number of thiocarbonyl (C=S) groups is 1. The fourth-order valence-corrected chi connectivity index (χ4v) is 5.08. The van der Waals surface area contributed by atoms with E-state index in [0.717, 1.165) is 35.5 Å². The minimum absolute atomic E-state index is 0.253. The van der Waals surface area contributed by atoms with Gasteiger partial charge in [0.2, 0.25) is 0 Å². The van der Waals surface area contributed by atoms with Crippen LogP contribution in [0.2, 0.25) is 0 Å². The zero-order valence-corrected chi connectivity index (χ0v) is 18.4. The van der Waals surface area contributed by atoms with Crippen molar-refractivity contribution < 1.29 is 9.53 Å². The van der Waals surface area contributed by atoms with E-state index in [2.05, 4.69) is 36.6 Å². The van der Waals surface area contributed by atoms with Crippen molar-refractivity contribution in [3.8, 4) is 0 Å². The molecule has 0 unspecified atom stereocenters. The van der Waals surface area contributed by atoms with Crippen LogP contribution in [0.15, 0.2) is 18.2 Å². The SMILES string of the molecule is CCOC(=O)c1c(NC(=S)Nc2ccc(C)c(C)c2)sc2c1CCCCCC2. The second kappa shape index (κ2) is 9.52. The number of aryl methyl sites for hydroxylation is 3. The molecular weight excluding hydrogens is 388 g/mol. The van der Waals surface area contributed by atoms with Crippen LogP contribution < -0.4 is 10.6 Å². The average molecular weight is 417 g/mol. The van der Waals surface area contributed by atoms with Crippen molar-refractivity contribution in [2.75, 3.05) is 17.2 Å². The van der Waals surface area contributed by atoms with E-state index in [0.29, 0.717) is 17.3 Å². The Hall–Kier alpha value is -1.92. The maximum absolute atomic E-state index is 12.7. The Morgan fingerprint density at radius 2 is 1.86 bits per heavy atom. The van der Waals surface area contributed by atoms with Gasteiger partial charge in [-0.3, -0.25) is 0 Å². The molecule has 0 amide bonds. The Kier molecular flexibility index (Phi) is 7.08. The quantitative estimate of drug-likeness (QED) is 0.472. The normalized spacial score (nSPS) is 13.8. The van der Waals surface area contributed by atoms with Gasteiger partial charge in [-0.25, -0.2) is 4.79 Å². The largest absolute Gasteiger partial charge is 0.462 e. The molecule has 1 aliphatic rings. The first kappa shape index (κ1) is 20.8. The van der Waals surface area contributed by atoms with Gasteiger partial charge in [-0.05, 0) is 87.5 Å². The minimum Gasteiger partial charge on any atom is -0.462 e. The zero-order valence-electron chi connectivity index (χ0n) is 16.8. The van der Waals surface area contributed by atoms with Gasteiger partial charge in [0.1, 0.15) is 5.00 Å². The van der Waals surface area contributed by atoms with Crippen molar-refractivity contribution in [2.24, 2.45) is 0 Å². The highest BCUT2D eigenvalue weighted by atomic mass is 32.1. The number of hydrogen-bond acceptors (Lipinski definition) is 4. The number of thiophene rings is 1. The lowest BCUT2D eigenvalue weighted by atomic mass is 9.96. The Labute approximate surface area is 176 Å². The van der Waals surface area contributed by atoms with E-state index in [1.165, 1.54) is 35.3 Å². The summed E-state index contributed by atoms with van der Waals surface area (Å²) in [7, 11) is 0. The van der Waals surface area contributed by atoms with Crippen molar-refractivity contribution in [1.29, 1.82) is 0 Å². The molecule has 1 heterocycles. The highest BCUT2D eigenvalue weighted by molar-refractivity contribution is 7.80. The van der Waals surface area contributed by atoms with Gasteiger partial charge in [0, 0.05) is 10.6 Å². The molecule has 0 fully saturated rings. The molecule has 0 saturated carbocycles. The number of benzene rings is 1. The average Bonchev–Trinajstić information content (AvgIpc) is 2.94. The highest BCUT2D eigenvalue weighted by Gasteiger charge is 2.25. The summed E-state index contributed by atoms with van der Waals surface area (Å²) in [5, 5.41) is 7.79. The number of ether oxygens (including phenoxy) is 1. The van der Waals surface area contributed by atoms with E-state index in [4.69, 9.17) is 17.0 Å². The number of nitrogens with one attached hydrogen (secondary N) is 2. The molecule has 1 aliphatic carbocycles. The second-order valence-corrected chi connectivity index (χ2v) is 8.73. The summed E-state index contributed by atoms with van der Waals surface area (Å²) < 4.78 is 5.36. The topological polar surface area (TPSA) is 50.4 Å². The first-order chi connectivity index (χ1) is 13.5. The third-order valence-corrected chi connectivity index (χ3v) is 6.55. The van der Waals surface area contributed by atoms with Crippen LogP contribution in [0.1, 0.15) is 64.5 Å². The predicted molar refractivity (Wildman–Crippen MR) is 122 cm³/mol. The number of anilines is 2. The number of rotatable bonds is 4. The van der Waals surface area contributed by atoms with E-state index < -0.39 is 0 Å². The van der Waals surface area contributed by atoms with Crippen LogP contribution in [-0.2, 0) is 17.6 Å². The van der Waals surface area contributed by atoms with Gasteiger partial charge in [-0.2, -0.15) is 0 Å². The van der Waals surface area contributed by atoms with E-state index in [-0.39, 0.29) is 5.97 Å². The van der Waals surface area contributed by atoms with Crippen LogP contribution >= 0.6 is 23.6 Å². The second-order valence-electron chi connectivity index (χ2n) is 7.22. The van der Waals surface area contributed by atoms with E-state index in [1.807, 2.05) is 13.0 Å². The van der Waals surface area contributed by atoms with Crippen molar-refractivity contribution in [2.45, 2.75) is 59.3 Å². The molecular formula is C22H28N2O2S2. The summed E-state index contributed by atoms with van der Waals surface area (Å²) in [6.07, 6.45) is 6.69. The molecule has 0 aliphatic heterocycles. The molecule has 0 bridgehead atoms. The fraction of sp³-hybridized carbons (Fsp3) is 0.455. The van der Waals surface area contributed by atoms with Gasteiger partial charge in [-0.15, -0.1) is 11.3 Å². The smallest absolute Gasteiger partial charge is 0.341 e. The molecule has 3 rings (SSSR count). The van der Waals surface area contributed by atoms with Crippen LogP contribution in [0.5, 0.6) is 0 Å². The zero-order chi connectivity index (χ0) is 20.1. The molecule has 150 valence electrons. The highest BCUT2D eigenvalue weighted by Crippen LogP contribution is 2.37. The Morgan fingerprint density at radius 1 is 1.11 bits per heavy atom. The Morgan fingerprint density at radius 3 is 2.57 bits per heavy atom. The fourth-order valence-electron chi connectivity index (χ4n) is 3.51. The summed E-state index contributed by atoms with van der Waals surface area (Å²) in [5.74, 6) is -0.253. The molecule has 4 nitrogen and oxygen atoms in total. The van der Waals surface area contributed by atoms with Gasteiger partial charge in [0.05, 0.1) is 12.2 Å². The summed E-state index contributed by atoms with van der Waals surface area (Å²) in [6, 6.07) is 6.15. The third-order valence-electron chi connectivity index (χ3n) is 5.14. The van der Waals surface area contributed by atoms with Crippen molar-refractivity contribution in [1.82, 2.24) is 0 Å². The van der Waals surface area contributed by atoms with E-state index >= 15 is 0 Å². The first-order valence-corrected chi connectivity index (χ1v) is 11.2. The van der Waals surface area contributed by atoms with E-state index in [9.17, 15) is 4.79 Å². The van der Waals surface area contributed by atoms with Crippen LogP contribution in [0.4, 0.5) is 10.7 Å². The number of esters is 1. The summed E-state index contributed by atoms with van der Waals surface area (Å²) in [6.45, 7) is 6.37. The number of fused-ring (bicyclic) bond motifs is 1. The lowest BCUT2D eigenvalue weighted by Crippen LogP contribution is -2.20. The summed E-state index contributed by atoms with van der Waals surface area (Å²) in [5.41, 5.74) is 5.21. The lowest BCUT2D eigenvalue weighted by molar-refractivity contribution is 0.0526. The summed E-state index contributed by atoms with van der Waals surface area (Å²) >= 11 is 7.18. The molecule has 2 aromatic rings. The summed E-state index contributed by atoms with van der Waals surface area (Å²) in [4.78, 5) is 14.0. The maximum Gasteiger partial charge on any atom is 0.341 e. The molecule has 28 heavy (non-hydrogen) atoms. The molecule has 1 aromatic carbocycles. The van der Waals surface area contributed by atoms with Gasteiger partial charge in [0.15, 0.2) is 5.11 Å². The van der Waals surface area contributed by atoms with Crippen molar-refractivity contribution in [3.63, 3.8) is 0 Å². The van der Waals surface area contributed by atoms with Crippen molar-refractivity contribution >= 4 is 45.3 Å². The molecule has 0 spiro atoms. The van der Waals surface area contributed by atoms with Crippen molar-refractivity contribution in [3.05, 3.63) is 45.3 Å². The Bertz CT molecular complexity index is 874. The van der Waals surface area contributed by atoms with Gasteiger partial charge >= 0.3 is 5.97 Å². The Balaban J connectivity index is 1.84. The van der Waals surface area contributed by atoms with Crippen LogP contribution in [0.25, 0.3) is 0 Å². The predicted octanol–water partition coefficient (Wildman–Crippen LogP) is 6.01. The van der Waals surface area contributed by atoms with Crippen LogP contribution in [0, 0.1) is 13.8 Å². The minimum atomic E-state index is -0.253. The standard InChI is InChI=1S/C22H28N2O2S2/c1-4-26-21(25)19-17-9-7-5-6-8-10-18(17)28-20(19)24-22(27)23-16-12-11-14(2)15(3)13-16/h11-13H,4-10H2,1-3H3,(H2,23,24,27). The number of hydrogen-bond donors (Lipinski definition) is 2. The maximum atomic E-state index is 12.7. The number of carbonyl (C=O) groups is 1. The van der Waals surface area contributed by atoms with Gasteiger partial charge < -0.3 is 15.4 Å². The molecule has 2 N–H and O–H groups in total. The van der Waals surface area contributed by atoms with Crippen LogP contribution in [0.3, 0.4) is 0 Å². The monoisotopic (exact) mass is 416 g/mol. The van der Waals surface area contributed by atoms with Gasteiger partial charge in [0.25, 0.3) is 0 Å². The van der Waals surface area contributed by atoms with E-state index in [1.54, 1.807) is 11.3 Å².